The van der Waals surface area contributed by atoms with Crippen molar-refractivity contribution >= 4 is 11.8 Å². The fourth-order valence-corrected chi connectivity index (χ4v) is 2.93. The fourth-order valence-electron chi connectivity index (χ4n) is 2.13. The average Bonchev–Trinajstić information content (AvgIpc) is 2.58. The number of aliphatic hydroxyl groups excluding tert-OH is 1. The summed E-state index contributed by atoms with van der Waals surface area (Å²) in [5.41, 5.74) is 3.67. The van der Waals surface area contributed by atoms with Crippen LogP contribution >= 0.6 is 11.8 Å². The van der Waals surface area contributed by atoms with E-state index in [0.717, 1.165) is 30.2 Å². The van der Waals surface area contributed by atoms with E-state index in [1.807, 2.05) is 23.5 Å². The Morgan fingerprint density at radius 1 is 1.39 bits per heavy atom. The standard InChI is InChI=1S/C13H25N3OS/c1-10(14-6-9-18-8-5-7-17)13-11(2)15-16(4)12(13)3/h10,14,17H,5-9H2,1-4H3. The molecule has 0 amide bonds. The number of rotatable bonds is 8. The molecule has 0 spiro atoms. The third-order valence-electron chi connectivity index (χ3n) is 3.14. The maximum absolute atomic E-state index is 8.68. The Kier molecular flexibility index (Phi) is 6.75. The first kappa shape index (κ1) is 15.5. The minimum absolute atomic E-state index is 0.297. The molecule has 1 aromatic rings. The molecule has 0 saturated heterocycles. The lowest BCUT2D eigenvalue weighted by atomic mass is 10.1. The maximum atomic E-state index is 8.68. The topological polar surface area (TPSA) is 50.1 Å². The van der Waals surface area contributed by atoms with E-state index in [4.69, 9.17) is 5.11 Å². The summed E-state index contributed by atoms with van der Waals surface area (Å²) in [6, 6.07) is 0.345. The normalized spacial score (nSPS) is 12.9. The van der Waals surface area contributed by atoms with E-state index in [1.54, 1.807) is 0 Å². The summed E-state index contributed by atoms with van der Waals surface area (Å²) in [5.74, 6) is 2.13. The quantitative estimate of drug-likeness (QED) is 0.708. The third kappa shape index (κ3) is 4.30. The van der Waals surface area contributed by atoms with Gasteiger partial charge in [0.05, 0.1) is 5.69 Å². The molecule has 1 unspecified atom stereocenters. The summed E-state index contributed by atoms with van der Waals surface area (Å²) in [6.07, 6.45) is 0.890. The van der Waals surface area contributed by atoms with E-state index in [2.05, 4.69) is 31.2 Å². The van der Waals surface area contributed by atoms with Crippen LogP contribution < -0.4 is 5.32 Å². The van der Waals surface area contributed by atoms with Crippen molar-refractivity contribution in [2.24, 2.45) is 7.05 Å². The molecule has 2 N–H and O–H groups in total. The smallest absolute Gasteiger partial charge is 0.0644 e. The maximum Gasteiger partial charge on any atom is 0.0644 e. The van der Waals surface area contributed by atoms with Crippen LogP contribution in [0.3, 0.4) is 0 Å². The zero-order chi connectivity index (χ0) is 13.5. The molecule has 0 saturated carbocycles. The lowest BCUT2D eigenvalue weighted by Gasteiger charge is -2.14. The number of nitrogens with zero attached hydrogens (tertiary/aromatic N) is 2. The summed E-state index contributed by atoms with van der Waals surface area (Å²) in [5, 5.41) is 16.7. The van der Waals surface area contributed by atoms with Crippen LogP contribution in [0.5, 0.6) is 0 Å². The Morgan fingerprint density at radius 3 is 2.67 bits per heavy atom. The van der Waals surface area contributed by atoms with Crippen LogP contribution in [-0.2, 0) is 7.05 Å². The largest absolute Gasteiger partial charge is 0.396 e. The highest BCUT2D eigenvalue weighted by Crippen LogP contribution is 2.20. The van der Waals surface area contributed by atoms with Crippen molar-refractivity contribution in [2.75, 3.05) is 24.7 Å². The predicted molar refractivity (Wildman–Crippen MR) is 78.1 cm³/mol. The highest BCUT2D eigenvalue weighted by Gasteiger charge is 2.15. The average molecular weight is 271 g/mol. The highest BCUT2D eigenvalue weighted by atomic mass is 32.2. The minimum atomic E-state index is 0.297. The number of aliphatic hydroxyl groups is 1. The van der Waals surface area contributed by atoms with Crippen molar-refractivity contribution in [2.45, 2.75) is 33.2 Å². The van der Waals surface area contributed by atoms with Gasteiger partial charge >= 0.3 is 0 Å². The van der Waals surface area contributed by atoms with Crippen LogP contribution in [0.2, 0.25) is 0 Å². The van der Waals surface area contributed by atoms with Gasteiger partial charge in [-0.1, -0.05) is 0 Å². The van der Waals surface area contributed by atoms with E-state index < -0.39 is 0 Å². The second-order valence-corrected chi connectivity index (χ2v) is 5.80. The number of aromatic nitrogens is 2. The van der Waals surface area contributed by atoms with Crippen LogP contribution in [0, 0.1) is 13.8 Å². The zero-order valence-corrected chi connectivity index (χ0v) is 12.7. The molecule has 1 rings (SSSR count). The molecule has 104 valence electrons. The van der Waals surface area contributed by atoms with Crippen molar-refractivity contribution in [3.63, 3.8) is 0 Å². The summed E-state index contributed by atoms with van der Waals surface area (Å²) < 4.78 is 1.94. The number of aryl methyl sites for hydroxylation is 2. The lowest BCUT2D eigenvalue weighted by Crippen LogP contribution is -2.22. The molecule has 1 atom stereocenters. The van der Waals surface area contributed by atoms with E-state index in [0.29, 0.717) is 12.6 Å². The molecular formula is C13H25N3OS. The molecule has 0 bridgehead atoms. The van der Waals surface area contributed by atoms with Crippen LogP contribution in [-0.4, -0.2) is 39.5 Å². The molecule has 0 fully saturated rings. The Morgan fingerprint density at radius 2 is 2.11 bits per heavy atom. The summed E-state index contributed by atoms with van der Waals surface area (Å²) in [4.78, 5) is 0. The predicted octanol–water partition coefficient (Wildman–Crippen LogP) is 1.80. The Balaban J connectivity index is 2.34. The Labute approximate surface area is 114 Å². The van der Waals surface area contributed by atoms with E-state index >= 15 is 0 Å². The van der Waals surface area contributed by atoms with Crippen LogP contribution in [0.15, 0.2) is 0 Å². The zero-order valence-electron chi connectivity index (χ0n) is 11.9. The first-order chi connectivity index (χ1) is 8.57. The molecule has 4 nitrogen and oxygen atoms in total. The van der Waals surface area contributed by atoms with Gasteiger partial charge in [-0.3, -0.25) is 4.68 Å². The van der Waals surface area contributed by atoms with Crippen molar-refractivity contribution < 1.29 is 5.11 Å². The number of hydrogen-bond acceptors (Lipinski definition) is 4. The van der Waals surface area contributed by atoms with E-state index in [-0.39, 0.29) is 0 Å². The fraction of sp³-hybridized carbons (Fsp3) is 0.769. The van der Waals surface area contributed by atoms with Gasteiger partial charge in [0.1, 0.15) is 0 Å². The minimum Gasteiger partial charge on any atom is -0.396 e. The molecule has 0 aliphatic heterocycles. The molecular weight excluding hydrogens is 246 g/mol. The van der Waals surface area contributed by atoms with Crippen LogP contribution in [0.1, 0.15) is 36.3 Å². The number of hydrogen-bond donors (Lipinski definition) is 2. The summed E-state index contributed by atoms with van der Waals surface area (Å²) in [7, 11) is 1.99. The molecule has 0 aromatic carbocycles. The number of nitrogens with one attached hydrogen (secondary N) is 1. The van der Waals surface area contributed by atoms with Crippen LogP contribution in [0.25, 0.3) is 0 Å². The van der Waals surface area contributed by atoms with Crippen molar-refractivity contribution in [3.8, 4) is 0 Å². The molecule has 0 radical (unpaired) electrons. The first-order valence-electron chi connectivity index (χ1n) is 6.50. The van der Waals surface area contributed by atoms with Gasteiger partial charge in [-0.15, -0.1) is 0 Å². The van der Waals surface area contributed by atoms with Gasteiger partial charge in [0.2, 0.25) is 0 Å². The van der Waals surface area contributed by atoms with Gasteiger partial charge in [0.25, 0.3) is 0 Å². The van der Waals surface area contributed by atoms with E-state index in [9.17, 15) is 0 Å². The number of thioether (sulfide) groups is 1. The van der Waals surface area contributed by atoms with Crippen molar-refractivity contribution in [1.82, 2.24) is 15.1 Å². The molecule has 0 aliphatic rings. The second-order valence-electron chi connectivity index (χ2n) is 4.57. The Bertz CT molecular complexity index is 365. The molecule has 0 aliphatic carbocycles. The molecule has 5 heteroatoms. The molecule has 18 heavy (non-hydrogen) atoms. The van der Waals surface area contributed by atoms with Crippen LogP contribution in [0.4, 0.5) is 0 Å². The van der Waals surface area contributed by atoms with Gasteiger partial charge in [-0.25, -0.2) is 0 Å². The van der Waals surface area contributed by atoms with Gasteiger partial charge in [-0.2, -0.15) is 16.9 Å². The van der Waals surface area contributed by atoms with Gasteiger partial charge in [-0.05, 0) is 32.9 Å². The van der Waals surface area contributed by atoms with Crippen molar-refractivity contribution in [3.05, 3.63) is 17.0 Å². The molecule has 1 heterocycles. The first-order valence-corrected chi connectivity index (χ1v) is 7.65. The second kappa shape index (κ2) is 7.81. The van der Waals surface area contributed by atoms with Crippen molar-refractivity contribution in [1.29, 1.82) is 0 Å². The lowest BCUT2D eigenvalue weighted by molar-refractivity contribution is 0.296. The Hall–Kier alpha value is -0.520. The molecule has 1 aromatic heterocycles. The van der Waals surface area contributed by atoms with Gasteiger partial charge < -0.3 is 10.4 Å². The monoisotopic (exact) mass is 271 g/mol. The van der Waals surface area contributed by atoms with E-state index in [1.165, 1.54) is 11.3 Å². The van der Waals surface area contributed by atoms with Gasteiger partial charge in [0, 0.05) is 43.3 Å². The highest BCUT2D eigenvalue weighted by molar-refractivity contribution is 7.99. The summed E-state index contributed by atoms with van der Waals surface area (Å²) >= 11 is 1.89. The van der Waals surface area contributed by atoms with Gasteiger partial charge in [0.15, 0.2) is 0 Å². The summed E-state index contributed by atoms with van der Waals surface area (Å²) in [6.45, 7) is 7.66. The third-order valence-corrected chi connectivity index (χ3v) is 4.21. The SMILES string of the molecule is Cc1nn(C)c(C)c1C(C)NCCSCCCO.